The summed E-state index contributed by atoms with van der Waals surface area (Å²) < 4.78 is 13.2. The number of halogens is 1. The Morgan fingerprint density at radius 2 is 1.75 bits per heavy atom. The van der Waals surface area contributed by atoms with Crippen molar-refractivity contribution >= 4 is 28.7 Å². The predicted octanol–water partition coefficient (Wildman–Crippen LogP) is 6.60. The van der Waals surface area contributed by atoms with Crippen LogP contribution in [0, 0.1) is 0 Å². The summed E-state index contributed by atoms with van der Waals surface area (Å²) in [5.74, 6) is 1.21. The average Bonchev–Trinajstić information content (AvgIpc) is 3.36. The number of fused-ring (bicyclic) bond motifs is 1. The number of hydrogen-bond acceptors (Lipinski definition) is 6. The maximum atomic E-state index is 14.1. The van der Waals surface area contributed by atoms with Crippen LogP contribution in [0.2, 0.25) is 5.02 Å². The molecule has 2 heterocycles. The van der Waals surface area contributed by atoms with Crippen LogP contribution in [0.5, 0.6) is 11.5 Å². The van der Waals surface area contributed by atoms with Gasteiger partial charge in [-0.05, 0) is 57.0 Å². The minimum atomic E-state index is -0.241. The molecule has 0 unspecified atom stereocenters. The number of ether oxygens (including phenoxy) is 2. The molecule has 4 aromatic rings. The molecule has 0 atom stereocenters. The van der Waals surface area contributed by atoms with Crippen LogP contribution in [0.1, 0.15) is 42.7 Å². The predicted molar refractivity (Wildman–Crippen MR) is 143 cm³/mol. The molecule has 0 saturated heterocycles. The number of rotatable bonds is 7. The highest BCUT2D eigenvalue weighted by atomic mass is 35.5. The second-order valence-electron chi connectivity index (χ2n) is 8.38. The molecule has 184 valence electrons. The van der Waals surface area contributed by atoms with Crippen LogP contribution in [0.3, 0.4) is 0 Å². The fourth-order valence-electron chi connectivity index (χ4n) is 4.46. The lowest BCUT2D eigenvalue weighted by Crippen LogP contribution is -2.29. The molecule has 0 N–H and O–H groups in total. The molecule has 36 heavy (non-hydrogen) atoms. The summed E-state index contributed by atoms with van der Waals surface area (Å²) in [5, 5.41) is 3.11. The molecule has 1 aliphatic carbocycles. The van der Waals surface area contributed by atoms with E-state index >= 15 is 0 Å². The minimum absolute atomic E-state index is 0.0275. The lowest BCUT2D eigenvalue weighted by atomic mass is 9.93. The number of hydrogen-bond donors (Lipinski definition) is 0. The fourth-order valence-corrected chi connectivity index (χ4v) is 5.42. The number of ketones is 1. The van der Waals surface area contributed by atoms with Crippen molar-refractivity contribution in [1.29, 1.82) is 0 Å². The van der Waals surface area contributed by atoms with Crippen molar-refractivity contribution in [2.75, 3.05) is 13.2 Å². The quantitative estimate of drug-likeness (QED) is 0.274. The van der Waals surface area contributed by atoms with E-state index in [9.17, 15) is 9.59 Å². The number of aromatic nitrogens is 2. The molecule has 0 fully saturated rings. The standard InChI is InChI=1S/C28H25ClN2O4S/c1-3-34-19-12-13-26(35-4-2)24(14-19)31-23-6-5-7-25(32)20(23)15-21(28(31)33)27-30-22(16-36-27)17-8-10-18(29)11-9-17/h8-16H,3-7H2,1-2H3. The number of thiazole rings is 1. The molecule has 0 amide bonds. The molecule has 0 aliphatic heterocycles. The summed E-state index contributed by atoms with van der Waals surface area (Å²) in [4.78, 5) is 31.8. The van der Waals surface area contributed by atoms with Gasteiger partial charge >= 0.3 is 0 Å². The first-order valence-corrected chi connectivity index (χ1v) is 13.2. The Hall–Kier alpha value is -3.42. The molecular formula is C28H25ClN2O4S. The molecule has 8 heteroatoms. The van der Waals surface area contributed by atoms with Gasteiger partial charge in [-0.3, -0.25) is 14.2 Å². The van der Waals surface area contributed by atoms with Gasteiger partial charge in [0.15, 0.2) is 5.78 Å². The number of nitrogens with zero attached hydrogens (tertiary/aromatic N) is 2. The van der Waals surface area contributed by atoms with Gasteiger partial charge in [0, 0.05) is 39.7 Å². The Bertz CT molecular complexity index is 1490. The van der Waals surface area contributed by atoms with Crippen LogP contribution in [0.4, 0.5) is 0 Å². The van der Waals surface area contributed by atoms with Gasteiger partial charge in [0.05, 0.1) is 30.2 Å². The van der Waals surface area contributed by atoms with Crippen LogP contribution in [0.15, 0.2) is 58.7 Å². The van der Waals surface area contributed by atoms with Gasteiger partial charge in [0.1, 0.15) is 16.5 Å². The average molecular weight is 521 g/mol. The lowest BCUT2D eigenvalue weighted by molar-refractivity contribution is 0.0971. The maximum Gasteiger partial charge on any atom is 0.265 e. The van der Waals surface area contributed by atoms with E-state index in [1.807, 2.05) is 43.5 Å². The molecule has 0 spiro atoms. The normalized spacial score (nSPS) is 12.9. The molecule has 1 aliphatic rings. The summed E-state index contributed by atoms with van der Waals surface area (Å²) in [5.41, 5.74) is 3.62. The highest BCUT2D eigenvalue weighted by Gasteiger charge is 2.27. The first kappa shape index (κ1) is 24.3. The molecule has 5 rings (SSSR count). The van der Waals surface area contributed by atoms with E-state index in [1.54, 1.807) is 28.8 Å². The Labute approximate surface area is 218 Å². The summed E-state index contributed by atoms with van der Waals surface area (Å²) in [6, 6.07) is 14.5. The SMILES string of the molecule is CCOc1ccc(OCC)c(-n2c3c(cc(-c4nc(-c5ccc(Cl)cc5)cs4)c2=O)C(=O)CCC3)c1. The number of pyridine rings is 1. The van der Waals surface area contributed by atoms with Crippen molar-refractivity contribution in [3.05, 3.63) is 80.5 Å². The van der Waals surface area contributed by atoms with Crippen LogP contribution in [-0.2, 0) is 6.42 Å². The van der Waals surface area contributed by atoms with Gasteiger partial charge < -0.3 is 9.47 Å². The van der Waals surface area contributed by atoms with E-state index < -0.39 is 0 Å². The third-order valence-corrected chi connectivity index (χ3v) is 7.21. The first-order chi connectivity index (χ1) is 17.5. The number of benzene rings is 2. The van der Waals surface area contributed by atoms with E-state index in [1.165, 1.54) is 11.3 Å². The fraction of sp³-hybridized carbons (Fsp3) is 0.250. The second-order valence-corrected chi connectivity index (χ2v) is 9.67. The van der Waals surface area contributed by atoms with Gasteiger partial charge in [0.25, 0.3) is 5.56 Å². The van der Waals surface area contributed by atoms with Crippen LogP contribution < -0.4 is 15.0 Å². The van der Waals surface area contributed by atoms with Crippen LogP contribution in [-0.4, -0.2) is 28.5 Å². The highest BCUT2D eigenvalue weighted by Crippen LogP contribution is 2.34. The van der Waals surface area contributed by atoms with E-state index in [4.69, 9.17) is 26.1 Å². The molecule has 0 bridgehead atoms. The van der Waals surface area contributed by atoms with Gasteiger partial charge in [-0.15, -0.1) is 11.3 Å². The molecule has 2 aromatic heterocycles. The van der Waals surface area contributed by atoms with E-state index in [0.29, 0.717) is 76.5 Å². The van der Waals surface area contributed by atoms with Crippen molar-refractivity contribution in [1.82, 2.24) is 9.55 Å². The highest BCUT2D eigenvalue weighted by molar-refractivity contribution is 7.13. The Morgan fingerprint density at radius 1 is 0.972 bits per heavy atom. The largest absolute Gasteiger partial charge is 0.494 e. The maximum absolute atomic E-state index is 14.1. The van der Waals surface area contributed by atoms with Gasteiger partial charge in [-0.25, -0.2) is 4.98 Å². The summed E-state index contributed by atoms with van der Waals surface area (Å²) >= 11 is 7.40. The number of Topliss-reactive ketones (excluding diaryl/α,β-unsaturated/α-hetero) is 1. The van der Waals surface area contributed by atoms with E-state index in [2.05, 4.69) is 0 Å². The molecule has 0 saturated carbocycles. The number of carbonyl (C=O) groups excluding carboxylic acids is 1. The number of carbonyl (C=O) groups is 1. The smallest absolute Gasteiger partial charge is 0.265 e. The zero-order valence-electron chi connectivity index (χ0n) is 20.0. The minimum Gasteiger partial charge on any atom is -0.494 e. The summed E-state index contributed by atoms with van der Waals surface area (Å²) in [6.45, 7) is 4.73. The zero-order valence-corrected chi connectivity index (χ0v) is 21.6. The third-order valence-electron chi connectivity index (χ3n) is 6.08. The second kappa shape index (κ2) is 10.3. The topological polar surface area (TPSA) is 70.4 Å². The van der Waals surface area contributed by atoms with Crippen molar-refractivity contribution in [2.45, 2.75) is 33.1 Å². The van der Waals surface area contributed by atoms with E-state index in [-0.39, 0.29) is 11.3 Å². The Kier molecular flexibility index (Phi) is 6.94. The zero-order chi connectivity index (χ0) is 25.2. The Morgan fingerprint density at radius 3 is 2.50 bits per heavy atom. The van der Waals surface area contributed by atoms with Crippen molar-refractivity contribution < 1.29 is 14.3 Å². The van der Waals surface area contributed by atoms with Crippen LogP contribution in [0.25, 0.3) is 27.5 Å². The van der Waals surface area contributed by atoms with Gasteiger partial charge in [-0.1, -0.05) is 23.7 Å². The summed E-state index contributed by atoms with van der Waals surface area (Å²) in [7, 11) is 0. The third kappa shape index (κ3) is 4.56. The molecule has 2 aromatic carbocycles. The van der Waals surface area contributed by atoms with Crippen molar-refractivity contribution in [3.8, 4) is 39.0 Å². The lowest BCUT2D eigenvalue weighted by Gasteiger charge is -2.23. The molecule has 0 radical (unpaired) electrons. The van der Waals surface area contributed by atoms with Crippen molar-refractivity contribution in [2.24, 2.45) is 0 Å². The Balaban J connectivity index is 1.73. The van der Waals surface area contributed by atoms with Crippen molar-refractivity contribution in [3.63, 3.8) is 0 Å². The van der Waals surface area contributed by atoms with Crippen LogP contribution >= 0.6 is 22.9 Å². The van der Waals surface area contributed by atoms with E-state index in [0.717, 1.165) is 11.3 Å². The molecule has 6 nitrogen and oxygen atoms in total. The van der Waals surface area contributed by atoms with Gasteiger partial charge in [0.2, 0.25) is 0 Å². The summed E-state index contributed by atoms with van der Waals surface area (Å²) in [6.07, 6.45) is 1.77. The van der Waals surface area contributed by atoms with Gasteiger partial charge in [-0.2, -0.15) is 0 Å². The monoisotopic (exact) mass is 520 g/mol. The molecular weight excluding hydrogens is 496 g/mol. The first-order valence-electron chi connectivity index (χ1n) is 11.9.